The average molecular weight is 371 g/mol. The molecule has 1 aliphatic rings. The van der Waals surface area contributed by atoms with Gasteiger partial charge in [0.05, 0.1) is 23.5 Å². The SMILES string of the molecule is Cc1[nH]c2c(C(=O)N(C)CC(=O)N3CCC(C(=O)O)CC3)cccc2c1C. The zero-order valence-corrected chi connectivity index (χ0v) is 15.9. The number of aromatic nitrogens is 1. The molecule has 2 N–H and O–H groups in total. The first-order chi connectivity index (χ1) is 12.8. The molecule has 27 heavy (non-hydrogen) atoms. The van der Waals surface area contributed by atoms with Crippen molar-refractivity contribution in [3.63, 3.8) is 0 Å². The van der Waals surface area contributed by atoms with Gasteiger partial charge in [0, 0.05) is 31.2 Å². The van der Waals surface area contributed by atoms with Crippen LogP contribution in [0.1, 0.15) is 34.5 Å². The number of carboxylic acids is 1. The normalized spacial score (nSPS) is 15.1. The summed E-state index contributed by atoms with van der Waals surface area (Å²) in [7, 11) is 1.62. The number of rotatable bonds is 4. The Morgan fingerprint density at radius 3 is 2.52 bits per heavy atom. The largest absolute Gasteiger partial charge is 0.481 e. The molecule has 2 heterocycles. The van der Waals surface area contributed by atoms with E-state index in [1.807, 2.05) is 26.0 Å². The van der Waals surface area contributed by atoms with Crippen molar-refractivity contribution >= 4 is 28.7 Å². The molecule has 144 valence electrons. The van der Waals surface area contributed by atoms with Gasteiger partial charge in [-0.25, -0.2) is 0 Å². The predicted octanol–water partition coefficient (Wildman–Crippen LogP) is 2.18. The molecule has 1 saturated heterocycles. The second-order valence-electron chi connectivity index (χ2n) is 7.26. The second-order valence-corrected chi connectivity index (χ2v) is 7.26. The topological polar surface area (TPSA) is 93.7 Å². The van der Waals surface area contributed by atoms with Gasteiger partial charge < -0.3 is 19.9 Å². The fraction of sp³-hybridized carbons (Fsp3) is 0.450. The van der Waals surface area contributed by atoms with Crippen molar-refractivity contribution in [2.45, 2.75) is 26.7 Å². The van der Waals surface area contributed by atoms with Crippen molar-refractivity contribution in [1.82, 2.24) is 14.8 Å². The molecule has 1 aromatic heterocycles. The number of para-hydroxylation sites is 1. The number of aliphatic carboxylic acids is 1. The van der Waals surface area contributed by atoms with Crippen molar-refractivity contribution in [3.05, 3.63) is 35.0 Å². The van der Waals surface area contributed by atoms with Gasteiger partial charge >= 0.3 is 5.97 Å². The van der Waals surface area contributed by atoms with Crippen LogP contribution in [0, 0.1) is 19.8 Å². The Hall–Kier alpha value is -2.83. The molecule has 2 aromatic rings. The van der Waals surface area contributed by atoms with Gasteiger partial charge in [-0.3, -0.25) is 14.4 Å². The third kappa shape index (κ3) is 3.67. The first-order valence-corrected chi connectivity index (χ1v) is 9.13. The highest BCUT2D eigenvalue weighted by Gasteiger charge is 2.28. The van der Waals surface area contributed by atoms with Crippen LogP contribution in [0.5, 0.6) is 0 Å². The fourth-order valence-corrected chi connectivity index (χ4v) is 3.62. The molecule has 0 atom stereocenters. The molecule has 0 bridgehead atoms. The van der Waals surface area contributed by atoms with Crippen LogP contribution >= 0.6 is 0 Å². The number of fused-ring (bicyclic) bond motifs is 1. The lowest BCUT2D eigenvalue weighted by molar-refractivity contribution is -0.145. The highest BCUT2D eigenvalue weighted by molar-refractivity contribution is 6.07. The number of amides is 2. The number of nitrogens with one attached hydrogen (secondary N) is 1. The summed E-state index contributed by atoms with van der Waals surface area (Å²) in [5.74, 6) is -1.55. The predicted molar refractivity (Wildman–Crippen MR) is 102 cm³/mol. The number of H-pyrrole nitrogens is 1. The van der Waals surface area contributed by atoms with Crippen LogP contribution in [0.3, 0.4) is 0 Å². The highest BCUT2D eigenvalue weighted by atomic mass is 16.4. The highest BCUT2D eigenvalue weighted by Crippen LogP contribution is 2.25. The van der Waals surface area contributed by atoms with Gasteiger partial charge in [0.1, 0.15) is 0 Å². The third-order valence-electron chi connectivity index (χ3n) is 5.49. The number of hydrogen-bond acceptors (Lipinski definition) is 3. The van der Waals surface area contributed by atoms with E-state index in [4.69, 9.17) is 5.11 Å². The van der Waals surface area contributed by atoms with Crippen molar-refractivity contribution in [3.8, 4) is 0 Å². The van der Waals surface area contributed by atoms with E-state index in [0.717, 1.165) is 22.2 Å². The lowest BCUT2D eigenvalue weighted by Gasteiger charge is -2.31. The molecular formula is C20H25N3O4. The molecule has 1 aromatic carbocycles. The molecule has 3 rings (SSSR count). The molecule has 0 spiro atoms. The molecule has 1 fully saturated rings. The van der Waals surface area contributed by atoms with Crippen LogP contribution in [0.2, 0.25) is 0 Å². The van der Waals surface area contributed by atoms with Crippen LogP contribution in [0.15, 0.2) is 18.2 Å². The van der Waals surface area contributed by atoms with Crippen molar-refractivity contribution in [2.24, 2.45) is 5.92 Å². The van der Waals surface area contributed by atoms with E-state index in [2.05, 4.69) is 4.98 Å². The van der Waals surface area contributed by atoms with E-state index >= 15 is 0 Å². The number of likely N-dealkylation sites (N-methyl/N-ethyl adjacent to an activating group) is 1. The summed E-state index contributed by atoms with van der Waals surface area (Å²) < 4.78 is 0. The number of hydrogen-bond donors (Lipinski definition) is 2. The van der Waals surface area contributed by atoms with Gasteiger partial charge in [0.15, 0.2) is 0 Å². The minimum Gasteiger partial charge on any atom is -0.481 e. The summed E-state index contributed by atoms with van der Waals surface area (Å²) in [6.07, 6.45) is 0.915. The quantitative estimate of drug-likeness (QED) is 0.861. The molecule has 7 nitrogen and oxygen atoms in total. The molecule has 1 aliphatic heterocycles. The van der Waals surface area contributed by atoms with Crippen molar-refractivity contribution in [2.75, 3.05) is 26.7 Å². The van der Waals surface area contributed by atoms with Crippen molar-refractivity contribution in [1.29, 1.82) is 0 Å². The van der Waals surface area contributed by atoms with Gasteiger partial charge in [-0.15, -0.1) is 0 Å². The molecular weight excluding hydrogens is 346 g/mol. The van der Waals surface area contributed by atoms with Gasteiger partial charge in [0.2, 0.25) is 5.91 Å². The average Bonchev–Trinajstić information content (AvgIpc) is 2.95. The minimum atomic E-state index is -0.806. The lowest BCUT2D eigenvalue weighted by atomic mass is 9.97. The zero-order chi connectivity index (χ0) is 19.7. The Morgan fingerprint density at radius 2 is 1.89 bits per heavy atom. The first kappa shape index (κ1) is 18.9. The number of carbonyl (C=O) groups is 3. The first-order valence-electron chi connectivity index (χ1n) is 9.13. The Balaban J connectivity index is 1.69. The molecule has 0 saturated carbocycles. The van der Waals surface area contributed by atoms with E-state index < -0.39 is 5.97 Å². The van der Waals surface area contributed by atoms with Gasteiger partial charge in [-0.05, 0) is 38.3 Å². The maximum Gasteiger partial charge on any atom is 0.306 e. The number of piperidine rings is 1. The number of aryl methyl sites for hydroxylation is 2. The number of nitrogens with zero attached hydrogens (tertiary/aromatic N) is 2. The number of aromatic amines is 1. The van der Waals surface area contributed by atoms with Gasteiger partial charge in [0.25, 0.3) is 5.91 Å². The third-order valence-corrected chi connectivity index (χ3v) is 5.49. The van der Waals surface area contributed by atoms with Crippen LogP contribution in [0.25, 0.3) is 10.9 Å². The number of likely N-dealkylation sites (tertiary alicyclic amines) is 1. The fourth-order valence-electron chi connectivity index (χ4n) is 3.62. The number of carbonyl (C=O) groups excluding carboxylic acids is 2. The van der Waals surface area contributed by atoms with E-state index in [9.17, 15) is 14.4 Å². The maximum absolute atomic E-state index is 12.9. The summed E-state index contributed by atoms with van der Waals surface area (Å²) in [5.41, 5.74) is 3.47. The number of benzene rings is 1. The lowest BCUT2D eigenvalue weighted by Crippen LogP contribution is -2.45. The van der Waals surface area contributed by atoms with E-state index in [0.29, 0.717) is 31.5 Å². The summed E-state index contributed by atoms with van der Waals surface area (Å²) in [6.45, 7) is 4.80. The molecule has 0 unspecified atom stereocenters. The zero-order valence-electron chi connectivity index (χ0n) is 15.9. The Kier molecular flexibility index (Phi) is 5.21. The monoisotopic (exact) mass is 371 g/mol. The van der Waals surface area contributed by atoms with Gasteiger partial charge in [-0.2, -0.15) is 0 Å². The molecule has 7 heteroatoms. The number of carboxylic acid groups (broad SMARTS) is 1. The van der Waals surface area contributed by atoms with Gasteiger partial charge in [-0.1, -0.05) is 12.1 Å². The maximum atomic E-state index is 12.9. The second kappa shape index (κ2) is 7.42. The standard InChI is InChI=1S/C20H25N3O4/c1-12-13(2)21-18-15(12)5-4-6-16(18)19(25)22(3)11-17(24)23-9-7-14(8-10-23)20(26)27/h4-6,14,21H,7-11H2,1-3H3,(H,26,27). The van der Waals surface area contributed by atoms with E-state index in [-0.39, 0.29) is 24.3 Å². The smallest absolute Gasteiger partial charge is 0.306 e. The summed E-state index contributed by atoms with van der Waals surface area (Å²) in [5, 5.41) is 10.1. The molecule has 2 amide bonds. The summed E-state index contributed by atoms with van der Waals surface area (Å²) >= 11 is 0. The Morgan fingerprint density at radius 1 is 1.22 bits per heavy atom. The Labute approximate surface area is 157 Å². The molecule has 0 radical (unpaired) electrons. The minimum absolute atomic E-state index is 0.0222. The van der Waals surface area contributed by atoms with Crippen LogP contribution < -0.4 is 0 Å². The van der Waals surface area contributed by atoms with E-state index in [1.54, 1.807) is 18.0 Å². The van der Waals surface area contributed by atoms with Crippen LogP contribution in [0.4, 0.5) is 0 Å². The van der Waals surface area contributed by atoms with E-state index in [1.165, 1.54) is 4.90 Å². The summed E-state index contributed by atoms with van der Waals surface area (Å²) in [4.78, 5) is 42.8. The molecule has 0 aliphatic carbocycles. The van der Waals surface area contributed by atoms with Crippen LogP contribution in [-0.2, 0) is 9.59 Å². The van der Waals surface area contributed by atoms with Crippen molar-refractivity contribution < 1.29 is 19.5 Å². The van der Waals surface area contributed by atoms with Crippen LogP contribution in [-0.4, -0.2) is 64.4 Å². The Bertz CT molecular complexity index is 894. The summed E-state index contributed by atoms with van der Waals surface area (Å²) in [6, 6.07) is 5.59.